The van der Waals surface area contributed by atoms with Gasteiger partial charge in [0, 0.05) is 13.2 Å². The Bertz CT molecular complexity index is 111. The predicted octanol–water partition coefficient (Wildman–Crippen LogP) is 0.137. The van der Waals surface area contributed by atoms with Crippen molar-refractivity contribution in [2.45, 2.75) is 25.4 Å². The SMILES string of the molecule is CCOCC1(O)CCCNC1. The quantitative estimate of drug-likeness (QED) is 0.615. The van der Waals surface area contributed by atoms with Crippen molar-refractivity contribution in [3.05, 3.63) is 0 Å². The summed E-state index contributed by atoms with van der Waals surface area (Å²) >= 11 is 0. The topological polar surface area (TPSA) is 41.5 Å². The number of piperidine rings is 1. The van der Waals surface area contributed by atoms with E-state index in [0.29, 0.717) is 19.8 Å². The Hall–Kier alpha value is -0.120. The van der Waals surface area contributed by atoms with Gasteiger partial charge in [0.1, 0.15) is 5.60 Å². The van der Waals surface area contributed by atoms with Crippen LogP contribution in [0.25, 0.3) is 0 Å². The second kappa shape index (κ2) is 4.04. The van der Waals surface area contributed by atoms with Gasteiger partial charge in [-0.05, 0) is 26.3 Å². The minimum absolute atomic E-state index is 0.469. The highest BCUT2D eigenvalue weighted by Crippen LogP contribution is 2.15. The summed E-state index contributed by atoms with van der Waals surface area (Å²) < 4.78 is 5.19. The zero-order valence-corrected chi connectivity index (χ0v) is 7.10. The van der Waals surface area contributed by atoms with Crippen molar-refractivity contribution in [2.24, 2.45) is 0 Å². The molecule has 0 aliphatic carbocycles. The lowest BCUT2D eigenvalue weighted by Crippen LogP contribution is -2.48. The molecule has 0 bridgehead atoms. The van der Waals surface area contributed by atoms with Crippen LogP contribution in [0, 0.1) is 0 Å². The zero-order chi connectivity index (χ0) is 8.16. The normalized spacial score (nSPS) is 32.2. The zero-order valence-electron chi connectivity index (χ0n) is 7.10. The van der Waals surface area contributed by atoms with Gasteiger partial charge in [0.25, 0.3) is 0 Å². The van der Waals surface area contributed by atoms with E-state index >= 15 is 0 Å². The third kappa shape index (κ3) is 2.77. The van der Waals surface area contributed by atoms with Crippen LogP contribution in [0.3, 0.4) is 0 Å². The molecule has 1 atom stereocenters. The van der Waals surface area contributed by atoms with E-state index in [4.69, 9.17) is 4.74 Å². The maximum Gasteiger partial charge on any atom is 0.100 e. The van der Waals surface area contributed by atoms with Gasteiger partial charge in [-0.15, -0.1) is 0 Å². The molecule has 1 saturated heterocycles. The number of ether oxygens (including phenoxy) is 1. The van der Waals surface area contributed by atoms with Crippen LogP contribution in [0.1, 0.15) is 19.8 Å². The lowest BCUT2D eigenvalue weighted by atomic mass is 9.95. The van der Waals surface area contributed by atoms with Crippen LogP contribution in [-0.4, -0.2) is 37.0 Å². The molecule has 1 heterocycles. The molecule has 0 saturated carbocycles. The van der Waals surface area contributed by atoms with Crippen LogP contribution >= 0.6 is 0 Å². The maximum absolute atomic E-state index is 9.81. The van der Waals surface area contributed by atoms with E-state index in [2.05, 4.69) is 5.32 Å². The standard InChI is InChI=1S/C8H17NO2/c1-2-11-7-8(10)4-3-5-9-6-8/h9-10H,2-7H2,1H3. The fraction of sp³-hybridized carbons (Fsp3) is 1.00. The van der Waals surface area contributed by atoms with Gasteiger partial charge >= 0.3 is 0 Å². The predicted molar refractivity (Wildman–Crippen MR) is 43.5 cm³/mol. The summed E-state index contributed by atoms with van der Waals surface area (Å²) in [5.41, 5.74) is -0.603. The second-order valence-corrected chi connectivity index (χ2v) is 3.14. The number of aliphatic hydroxyl groups is 1. The van der Waals surface area contributed by atoms with Crippen molar-refractivity contribution >= 4 is 0 Å². The van der Waals surface area contributed by atoms with Crippen LogP contribution < -0.4 is 5.32 Å². The van der Waals surface area contributed by atoms with E-state index in [-0.39, 0.29) is 0 Å². The molecule has 66 valence electrons. The molecule has 2 N–H and O–H groups in total. The summed E-state index contributed by atoms with van der Waals surface area (Å²) in [6.07, 6.45) is 1.91. The molecule has 1 unspecified atom stereocenters. The highest BCUT2D eigenvalue weighted by atomic mass is 16.5. The van der Waals surface area contributed by atoms with Crippen LogP contribution in [0.5, 0.6) is 0 Å². The first-order chi connectivity index (χ1) is 5.27. The van der Waals surface area contributed by atoms with E-state index in [9.17, 15) is 5.11 Å². The summed E-state index contributed by atoms with van der Waals surface area (Å²) in [5, 5.41) is 13.0. The van der Waals surface area contributed by atoms with Crippen molar-refractivity contribution in [2.75, 3.05) is 26.3 Å². The molecule has 1 aliphatic rings. The Labute approximate surface area is 67.7 Å². The number of rotatable bonds is 3. The highest BCUT2D eigenvalue weighted by molar-refractivity contribution is 4.84. The largest absolute Gasteiger partial charge is 0.386 e. The third-order valence-corrected chi connectivity index (χ3v) is 2.02. The van der Waals surface area contributed by atoms with Crippen LogP contribution in [0.15, 0.2) is 0 Å². The molecule has 3 heteroatoms. The summed E-state index contributed by atoms with van der Waals surface area (Å²) in [6.45, 7) is 4.79. The first kappa shape index (κ1) is 8.97. The van der Waals surface area contributed by atoms with E-state index in [1.54, 1.807) is 0 Å². The van der Waals surface area contributed by atoms with E-state index < -0.39 is 5.60 Å². The number of hydrogen-bond donors (Lipinski definition) is 2. The number of hydrogen-bond acceptors (Lipinski definition) is 3. The molecular weight excluding hydrogens is 142 g/mol. The Morgan fingerprint density at radius 1 is 1.64 bits per heavy atom. The Morgan fingerprint density at radius 3 is 3.00 bits per heavy atom. The smallest absolute Gasteiger partial charge is 0.100 e. The molecule has 3 nitrogen and oxygen atoms in total. The van der Waals surface area contributed by atoms with Gasteiger partial charge in [-0.25, -0.2) is 0 Å². The van der Waals surface area contributed by atoms with Crippen molar-refractivity contribution in [1.29, 1.82) is 0 Å². The van der Waals surface area contributed by atoms with Crippen LogP contribution in [-0.2, 0) is 4.74 Å². The fourth-order valence-electron chi connectivity index (χ4n) is 1.37. The molecule has 1 rings (SSSR count). The third-order valence-electron chi connectivity index (χ3n) is 2.02. The molecule has 0 aromatic heterocycles. The average Bonchev–Trinajstić information content (AvgIpc) is 2.03. The van der Waals surface area contributed by atoms with E-state index in [0.717, 1.165) is 19.4 Å². The molecule has 0 aromatic carbocycles. The Morgan fingerprint density at radius 2 is 2.45 bits per heavy atom. The average molecular weight is 159 g/mol. The van der Waals surface area contributed by atoms with Gasteiger partial charge in [0.05, 0.1) is 6.61 Å². The number of β-amino-alcohol motifs (C(OH)–C–C–N with tert-alkyl or cyclic N) is 1. The van der Waals surface area contributed by atoms with Gasteiger partial charge < -0.3 is 15.2 Å². The van der Waals surface area contributed by atoms with Gasteiger partial charge in [-0.3, -0.25) is 0 Å². The maximum atomic E-state index is 9.81. The minimum atomic E-state index is -0.603. The monoisotopic (exact) mass is 159 g/mol. The van der Waals surface area contributed by atoms with Crippen LogP contribution in [0.4, 0.5) is 0 Å². The molecule has 0 aromatic rings. The molecule has 1 aliphatic heterocycles. The minimum Gasteiger partial charge on any atom is -0.386 e. The summed E-state index contributed by atoms with van der Waals surface area (Å²) in [5.74, 6) is 0. The first-order valence-corrected chi connectivity index (χ1v) is 4.28. The van der Waals surface area contributed by atoms with Gasteiger partial charge in [-0.1, -0.05) is 0 Å². The lowest BCUT2D eigenvalue weighted by molar-refractivity contribution is -0.0566. The van der Waals surface area contributed by atoms with Crippen molar-refractivity contribution in [3.8, 4) is 0 Å². The van der Waals surface area contributed by atoms with Crippen LogP contribution in [0.2, 0.25) is 0 Å². The molecular formula is C8H17NO2. The van der Waals surface area contributed by atoms with Crippen molar-refractivity contribution in [3.63, 3.8) is 0 Å². The summed E-state index contributed by atoms with van der Waals surface area (Å²) in [6, 6.07) is 0. The summed E-state index contributed by atoms with van der Waals surface area (Å²) in [4.78, 5) is 0. The molecule has 1 fully saturated rings. The fourth-order valence-corrected chi connectivity index (χ4v) is 1.37. The molecule has 0 amide bonds. The van der Waals surface area contributed by atoms with Crippen molar-refractivity contribution < 1.29 is 9.84 Å². The molecule has 11 heavy (non-hydrogen) atoms. The molecule has 0 spiro atoms. The van der Waals surface area contributed by atoms with Gasteiger partial charge in [0.2, 0.25) is 0 Å². The van der Waals surface area contributed by atoms with Gasteiger partial charge in [-0.2, -0.15) is 0 Å². The lowest BCUT2D eigenvalue weighted by Gasteiger charge is -2.32. The van der Waals surface area contributed by atoms with E-state index in [1.165, 1.54) is 0 Å². The number of nitrogens with one attached hydrogen (secondary N) is 1. The van der Waals surface area contributed by atoms with E-state index in [1.807, 2.05) is 6.92 Å². The summed E-state index contributed by atoms with van der Waals surface area (Å²) in [7, 11) is 0. The highest BCUT2D eigenvalue weighted by Gasteiger charge is 2.28. The van der Waals surface area contributed by atoms with Gasteiger partial charge in [0.15, 0.2) is 0 Å². The van der Waals surface area contributed by atoms with Crippen molar-refractivity contribution in [1.82, 2.24) is 5.32 Å². The Balaban J connectivity index is 2.25. The first-order valence-electron chi connectivity index (χ1n) is 4.28. The second-order valence-electron chi connectivity index (χ2n) is 3.14. The molecule has 0 radical (unpaired) electrons. The Kier molecular flexibility index (Phi) is 3.30.